The summed E-state index contributed by atoms with van der Waals surface area (Å²) in [5, 5.41) is 22.8. The minimum Gasteiger partial charge on any atom is -0.507 e. The number of phenols is 1. The molecule has 3 rings (SSSR count). The Morgan fingerprint density at radius 1 is 1.30 bits per heavy atom. The summed E-state index contributed by atoms with van der Waals surface area (Å²) in [4.78, 5) is 21.9. The van der Waals surface area contributed by atoms with Gasteiger partial charge in [-0.2, -0.15) is 0 Å². The molecule has 0 aliphatic rings. The molecular weight excluding hydrogens is 314 g/mol. The van der Waals surface area contributed by atoms with Crippen LogP contribution in [-0.4, -0.2) is 26.2 Å². The lowest BCUT2D eigenvalue weighted by molar-refractivity contribution is 0.0694. The average molecular weight is 329 g/mol. The summed E-state index contributed by atoms with van der Waals surface area (Å²) in [6.45, 7) is 3.90. The Morgan fingerprint density at radius 3 is 2.74 bits per heavy atom. The Bertz CT molecular complexity index is 905. The molecule has 6 nitrogen and oxygen atoms in total. The lowest BCUT2D eigenvalue weighted by Crippen LogP contribution is -2.00. The number of aryl methyl sites for hydroxylation is 2. The van der Waals surface area contributed by atoms with E-state index in [0.717, 1.165) is 16.6 Å². The molecule has 2 heterocycles. The summed E-state index contributed by atoms with van der Waals surface area (Å²) in [7, 11) is 0. The smallest absolute Gasteiger partial charge is 0.339 e. The number of aromatic nitrogens is 2. The number of anilines is 2. The third-order valence-electron chi connectivity index (χ3n) is 3.39. The second-order valence-electron chi connectivity index (χ2n) is 5.07. The maximum Gasteiger partial charge on any atom is 0.339 e. The van der Waals surface area contributed by atoms with Crippen LogP contribution in [0.15, 0.2) is 24.3 Å². The minimum absolute atomic E-state index is 0.136. The molecule has 1 aromatic carbocycles. The molecule has 0 amide bonds. The maximum absolute atomic E-state index is 10.9. The fourth-order valence-corrected chi connectivity index (χ4v) is 3.29. The fraction of sp³-hybridized carbons (Fsp3) is 0.188. The van der Waals surface area contributed by atoms with E-state index < -0.39 is 5.97 Å². The molecule has 0 saturated carbocycles. The summed E-state index contributed by atoms with van der Waals surface area (Å²) >= 11 is 1.63. The second kappa shape index (κ2) is 5.85. The summed E-state index contributed by atoms with van der Waals surface area (Å²) in [5.41, 5.74) is 0.430. The first kappa shape index (κ1) is 15.2. The molecule has 23 heavy (non-hydrogen) atoms. The van der Waals surface area contributed by atoms with Gasteiger partial charge in [0.25, 0.3) is 0 Å². The number of aromatic carboxylic acids is 1. The van der Waals surface area contributed by atoms with Crippen molar-refractivity contribution in [1.82, 2.24) is 9.97 Å². The first-order valence-electron chi connectivity index (χ1n) is 7.08. The van der Waals surface area contributed by atoms with Crippen molar-refractivity contribution in [3.8, 4) is 5.75 Å². The standard InChI is InChI=1S/C16H15N3O3S/c1-3-10-7-12-14(17-8(2)18-15(12)23-10)19-9-4-5-11(16(21)22)13(20)6-9/h4-7,20H,3H2,1-2H3,(H,21,22)(H,17,18,19). The predicted molar refractivity (Wildman–Crippen MR) is 89.9 cm³/mol. The molecule has 0 aliphatic heterocycles. The van der Waals surface area contributed by atoms with Crippen LogP contribution in [0, 0.1) is 6.92 Å². The van der Waals surface area contributed by atoms with E-state index in [9.17, 15) is 9.90 Å². The van der Waals surface area contributed by atoms with Crippen molar-refractivity contribution < 1.29 is 15.0 Å². The average Bonchev–Trinajstić information content (AvgIpc) is 2.90. The lowest BCUT2D eigenvalue weighted by Gasteiger charge is -2.09. The summed E-state index contributed by atoms with van der Waals surface area (Å²) in [6, 6.07) is 6.38. The van der Waals surface area contributed by atoms with Gasteiger partial charge in [-0.05, 0) is 31.5 Å². The molecule has 0 spiro atoms. The number of thiophene rings is 1. The van der Waals surface area contributed by atoms with Crippen LogP contribution in [-0.2, 0) is 6.42 Å². The Labute approximate surface area is 136 Å². The third-order valence-corrected chi connectivity index (χ3v) is 4.57. The van der Waals surface area contributed by atoms with Crippen LogP contribution < -0.4 is 5.32 Å². The van der Waals surface area contributed by atoms with Gasteiger partial charge in [-0.15, -0.1) is 11.3 Å². The van der Waals surface area contributed by atoms with Gasteiger partial charge in [0, 0.05) is 16.6 Å². The van der Waals surface area contributed by atoms with E-state index in [1.165, 1.54) is 17.0 Å². The first-order chi connectivity index (χ1) is 11.0. The van der Waals surface area contributed by atoms with Gasteiger partial charge in [0.2, 0.25) is 0 Å². The van der Waals surface area contributed by atoms with Crippen LogP contribution in [0.1, 0.15) is 28.0 Å². The first-order valence-corrected chi connectivity index (χ1v) is 7.90. The highest BCUT2D eigenvalue weighted by atomic mass is 32.1. The van der Waals surface area contributed by atoms with Crippen LogP contribution in [0.2, 0.25) is 0 Å². The number of carboxylic acid groups (broad SMARTS) is 1. The number of carboxylic acids is 1. The molecule has 2 aromatic heterocycles. The number of rotatable bonds is 4. The molecule has 0 saturated heterocycles. The molecule has 3 N–H and O–H groups in total. The van der Waals surface area contributed by atoms with E-state index in [0.29, 0.717) is 17.3 Å². The van der Waals surface area contributed by atoms with Crippen molar-refractivity contribution in [3.63, 3.8) is 0 Å². The molecule has 3 aromatic rings. The Balaban J connectivity index is 2.02. The van der Waals surface area contributed by atoms with Gasteiger partial charge in [0.1, 0.15) is 27.8 Å². The van der Waals surface area contributed by atoms with E-state index >= 15 is 0 Å². The topological polar surface area (TPSA) is 95.3 Å². The lowest BCUT2D eigenvalue weighted by atomic mass is 10.2. The van der Waals surface area contributed by atoms with Crippen LogP contribution in [0.4, 0.5) is 11.5 Å². The normalized spacial score (nSPS) is 10.9. The number of nitrogens with one attached hydrogen (secondary N) is 1. The summed E-state index contributed by atoms with van der Waals surface area (Å²) in [5.74, 6) is -0.161. The van der Waals surface area contributed by atoms with Gasteiger partial charge < -0.3 is 15.5 Å². The zero-order valence-electron chi connectivity index (χ0n) is 12.6. The molecule has 0 atom stereocenters. The zero-order valence-corrected chi connectivity index (χ0v) is 13.4. The predicted octanol–water partition coefficient (Wildman–Crippen LogP) is 3.71. The zero-order chi connectivity index (χ0) is 16.6. The van der Waals surface area contributed by atoms with Gasteiger partial charge in [-0.1, -0.05) is 6.92 Å². The Hall–Kier alpha value is -2.67. The molecule has 118 valence electrons. The van der Waals surface area contributed by atoms with Crippen LogP contribution in [0.25, 0.3) is 10.2 Å². The van der Waals surface area contributed by atoms with Gasteiger partial charge in [-0.3, -0.25) is 0 Å². The van der Waals surface area contributed by atoms with Crippen LogP contribution in [0.3, 0.4) is 0 Å². The highest BCUT2D eigenvalue weighted by molar-refractivity contribution is 7.18. The van der Waals surface area contributed by atoms with E-state index in [1.807, 2.05) is 13.0 Å². The number of hydrogen-bond acceptors (Lipinski definition) is 6. The molecule has 0 unspecified atom stereocenters. The van der Waals surface area contributed by atoms with Crippen molar-refractivity contribution in [2.45, 2.75) is 20.3 Å². The molecule has 0 aliphatic carbocycles. The highest BCUT2D eigenvalue weighted by Gasteiger charge is 2.13. The number of carbonyl (C=O) groups is 1. The molecular formula is C16H15N3O3S. The van der Waals surface area contributed by atoms with Crippen molar-refractivity contribution in [3.05, 3.63) is 40.5 Å². The van der Waals surface area contributed by atoms with Crippen LogP contribution >= 0.6 is 11.3 Å². The minimum atomic E-state index is -1.17. The van der Waals surface area contributed by atoms with E-state index in [4.69, 9.17) is 5.11 Å². The number of hydrogen-bond donors (Lipinski definition) is 3. The van der Waals surface area contributed by atoms with Gasteiger partial charge >= 0.3 is 5.97 Å². The molecule has 7 heteroatoms. The number of fused-ring (bicyclic) bond motifs is 1. The maximum atomic E-state index is 10.9. The monoisotopic (exact) mass is 329 g/mol. The Kier molecular flexibility index (Phi) is 3.87. The van der Waals surface area contributed by atoms with Gasteiger partial charge in [-0.25, -0.2) is 14.8 Å². The van der Waals surface area contributed by atoms with E-state index in [1.54, 1.807) is 17.4 Å². The van der Waals surface area contributed by atoms with E-state index in [2.05, 4.69) is 22.2 Å². The summed E-state index contributed by atoms with van der Waals surface area (Å²) in [6.07, 6.45) is 0.924. The molecule has 0 bridgehead atoms. The number of benzene rings is 1. The highest BCUT2D eigenvalue weighted by Crippen LogP contribution is 2.32. The van der Waals surface area contributed by atoms with Crippen molar-refractivity contribution in [2.24, 2.45) is 0 Å². The van der Waals surface area contributed by atoms with Crippen molar-refractivity contribution in [2.75, 3.05) is 5.32 Å². The fourth-order valence-electron chi connectivity index (χ4n) is 2.27. The quantitative estimate of drug-likeness (QED) is 0.675. The van der Waals surface area contributed by atoms with Crippen LogP contribution in [0.5, 0.6) is 5.75 Å². The number of aromatic hydroxyl groups is 1. The molecule has 0 fully saturated rings. The summed E-state index contributed by atoms with van der Waals surface area (Å²) < 4.78 is 0. The van der Waals surface area contributed by atoms with Gasteiger partial charge in [0.15, 0.2) is 0 Å². The second-order valence-corrected chi connectivity index (χ2v) is 6.18. The third kappa shape index (κ3) is 2.95. The molecule has 0 radical (unpaired) electrons. The van der Waals surface area contributed by atoms with E-state index in [-0.39, 0.29) is 11.3 Å². The SMILES string of the molecule is CCc1cc2c(Nc3ccc(C(=O)O)c(O)c3)nc(C)nc2s1. The number of nitrogens with zero attached hydrogens (tertiary/aromatic N) is 2. The van der Waals surface area contributed by atoms with Crippen molar-refractivity contribution in [1.29, 1.82) is 0 Å². The Morgan fingerprint density at radius 2 is 2.09 bits per heavy atom. The van der Waals surface area contributed by atoms with Gasteiger partial charge in [0.05, 0.1) is 5.39 Å². The largest absolute Gasteiger partial charge is 0.507 e. The van der Waals surface area contributed by atoms with Crippen molar-refractivity contribution >= 4 is 39.0 Å².